The molecule has 0 radical (unpaired) electrons. The number of carbonyl (C=O) groups excluding carboxylic acids is 1. The van der Waals surface area contributed by atoms with Gasteiger partial charge in [0.25, 0.3) is 4.82 Å². The third-order valence-electron chi connectivity index (χ3n) is 1.02. The molecule has 0 bridgehead atoms. The number of thiazole rings is 1. The molecule has 6 heteroatoms. The SMILES string of the molecule is CN(C(=O)Br)c1ncc(Br)s1. The molecule has 0 atom stereocenters. The fourth-order valence-corrected chi connectivity index (χ4v) is 1.90. The van der Waals surface area contributed by atoms with E-state index in [2.05, 4.69) is 36.8 Å². The van der Waals surface area contributed by atoms with Gasteiger partial charge in [0.2, 0.25) is 0 Å². The monoisotopic (exact) mass is 298 g/mol. The topological polar surface area (TPSA) is 33.2 Å². The van der Waals surface area contributed by atoms with E-state index in [1.807, 2.05) is 0 Å². The summed E-state index contributed by atoms with van der Waals surface area (Å²) in [6, 6.07) is 0. The maximum Gasteiger partial charge on any atom is 0.295 e. The molecular weight excluding hydrogens is 296 g/mol. The molecule has 1 aromatic heterocycles. The van der Waals surface area contributed by atoms with Crippen LogP contribution in [0.5, 0.6) is 0 Å². The first kappa shape index (κ1) is 9.15. The zero-order chi connectivity index (χ0) is 8.43. The Morgan fingerprint density at radius 3 is 2.82 bits per heavy atom. The van der Waals surface area contributed by atoms with Gasteiger partial charge in [-0.3, -0.25) is 9.69 Å². The van der Waals surface area contributed by atoms with E-state index in [1.54, 1.807) is 13.2 Å². The Morgan fingerprint density at radius 2 is 2.45 bits per heavy atom. The molecule has 11 heavy (non-hydrogen) atoms. The summed E-state index contributed by atoms with van der Waals surface area (Å²) in [7, 11) is 1.66. The Morgan fingerprint density at radius 1 is 1.82 bits per heavy atom. The highest BCUT2D eigenvalue weighted by molar-refractivity contribution is 9.18. The van der Waals surface area contributed by atoms with E-state index in [4.69, 9.17) is 0 Å². The van der Waals surface area contributed by atoms with Crippen LogP contribution in [0.4, 0.5) is 9.93 Å². The highest BCUT2D eigenvalue weighted by Crippen LogP contribution is 2.26. The second-order valence-electron chi connectivity index (χ2n) is 1.76. The fourth-order valence-electron chi connectivity index (χ4n) is 0.476. The zero-order valence-electron chi connectivity index (χ0n) is 5.54. The average Bonchev–Trinajstić information content (AvgIpc) is 2.34. The van der Waals surface area contributed by atoms with Gasteiger partial charge in [0.05, 0.1) is 9.98 Å². The second kappa shape index (κ2) is 3.64. The Bertz CT molecular complexity index is 275. The number of nitrogens with zero attached hydrogens (tertiary/aromatic N) is 2. The number of rotatable bonds is 1. The largest absolute Gasteiger partial charge is 0.295 e. The molecule has 0 saturated heterocycles. The third kappa shape index (κ3) is 2.25. The highest BCUT2D eigenvalue weighted by atomic mass is 79.9. The lowest BCUT2D eigenvalue weighted by atomic mass is 10.9. The number of amides is 1. The molecule has 60 valence electrons. The fraction of sp³-hybridized carbons (Fsp3) is 0.200. The maximum atomic E-state index is 10.7. The maximum absolute atomic E-state index is 10.7. The summed E-state index contributed by atoms with van der Waals surface area (Å²) < 4.78 is 0.910. The summed E-state index contributed by atoms with van der Waals surface area (Å²) in [5.41, 5.74) is 0. The van der Waals surface area contributed by atoms with Crippen LogP contribution in [0.2, 0.25) is 0 Å². The molecule has 0 fully saturated rings. The van der Waals surface area contributed by atoms with Crippen molar-refractivity contribution in [1.29, 1.82) is 0 Å². The van der Waals surface area contributed by atoms with E-state index in [0.29, 0.717) is 5.13 Å². The van der Waals surface area contributed by atoms with Gasteiger partial charge >= 0.3 is 0 Å². The van der Waals surface area contributed by atoms with Crippen LogP contribution >= 0.6 is 43.2 Å². The molecule has 0 spiro atoms. The van der Waals surface area contributed by atoms with Gasteiger partial charge in [0.15, 0.2) is 5.13 Å². The zero-order valence-corrected chi connectivity index (χ0v) is 9.53. The number of hydrogen-bond acceptors (Lipinski definition) is 3. The molecule has 0 aliphatic rings. The van der Waals surface area contributed by atoms with Crippen molar-refractivity contribution in [3.05, 3.63) is 9.98 Å². The molecule has 1 rings (SSSR count). The van der Waals surface area contributed by atoms with Gasteiger partial charge < -0.3 is 0 Å². The average molecular weight is 300 g/mol. The summed E-state index contributed by atoms with van der Waals surface area (Å²) in [5.74, 6) is 0. The quantitative estimate of drug-likeness (QED) is 0.590. The van der Waals surface area contributed by atoms with Crippen molar-refractivity contribution in [3.8, 4) is 0 Å². The van der Waals surface area contributed by atoms with Crippen LogP contribution in [0.1, 0.15) is 0 Å². The van der Waals surface area contributed by atoms with E-state index in [9.17, 15) is 4.79 Å². The summed E-state index contributed by atoms with van der Waals surface area (Å²) in [6.45, 7) is 0. The van der Waals surface area contributed by atoms with Crippen LogP contribution in [0.15, 0.2) is 9.98 Å². The van der Waals surface area contributed by atoms with Gasteiger partial charge in [-0.2, -0.15) is 0 Å². The lowest BCUT2D eigenvalue weighted by molar-refractivity contribution is 0.267. The normalized spacial score (nSPS) is 9.73. The number of carbonyl (C=O) groups is 1. The number of anilines is 1. The smallest absolute Gasteiger partial charge is 0.282 e. The molecule has 0 unspecified atom stereocenters. The first-order valence-electron chi connectivity index (χ1n) is 2.66. The standard InChI is InChI=1S/C5H4Br2N2OS/c1-9(4(7)10)5-8-2-3(6)11-5/h2H,1H3. The van der Waals surface area contributed by atoms with Crippen LogP contribution in [0.3, 0.4) is 0 Å². The predicted molar refractivity (Wildman–Crippen MR) is 52.5 cm³/mol. The molecule has 0 aliphatic carbocycles. The lowest BCUT2D eigenvalue weighted by Crippen LogP contribution is -2.18. The van der Waals surface area contributed by atoms with Gasteiger partial charge in [-0.25, -0.2) is 4.98 Å². The van der Waals surface area contributed by atoms with Gasteiger partial charge in [0, 0.05) is 23.0 Å². The molecular formula is C5H4Br2N2OS. The molecule has 3 nitrogen and oxygen atoms in total. The molecule has 0 aromatic carbocycles. The lowest BCUT2D eigenvalue weighted by Gasteiger charge is -2.07. The van der Waals surface area contributed by atoms with Gasteiger partial charge in [-0.1, -0.05) is 11.3 Å². The van der Waals surface area contributed by atoms with Crippen molar-refractivity contribution < 1.29 is 4.79 Å². The van der Waals surface area contributed by atoms with E-state index >= 15 is 0 Å². The number of halogens is 2. The number of aromatic nitrogens is 1. The van der Waals surface area contributed by atoms with E-state index in [0.717, 1.165) is 3.79 Å². The Hall–Kier alpha value is 0.0600. The van der Waals surface area contributed by atoms with Crippen LogP contribution in [-0.4, -0.2) is 16.8 Å². The predicted octanol–water partition coefficient (Wildman–Crippen LogP) is 2.86. The Balaban J connectivity index is 2.84. The summed E-state index contributed by atoms with van der Waals surface area (Å²) in [5, 5.41) is 0.666. The van der Waals surface area contributed by atoms with Crippen LogP contribution in [0, 0.1) is 0 Å². The minimum Gasteiger partial charge on any atom is -0.282 e. The summed E-state index contributed by atoms with van der Waals surface area (Å²) in [4.78, 5) is 16.0. The van der Waals surface area contributed by atoms with Gasteiger partial charge in [-0.15, -0.1) is 0 Å². The van der Waals surface area contributed by atoms with Crippen LogP contribution < -0.4 is 4.90 Å². The minimum atomic E-state index is -0.195. The molecule has 1 amide bonds. The van der Waals surface area contributed by atoms with Gasteiger partial charge in [-0.05, 0) is 15.9 Å². The molecule has 1 heterocycles. The van der Waals surface area contributed by atoms with Crippen LogP contribution in [-0.2, 0) is 0 Å². The molecule has 1 aromatic rings. The second-order valence-corrected chi connectivity index (χ2v) is 4.83. The van der Waals surface area contributed by atoms with Gasteiger partial charge in [0.1, 0.15) is 0 Å². The first-order chi connectivity index (χ1) is 5.11. The van der Waals surface area contributed by atoms with Crippen molar-refractivity contribution >= 4 is 53.1 Å². The summed E-state index contributed by atoms with van der Waals surface area (Å²) >= 11 is 7.48. The van der Waals surface area contributed by atoms with E-state index in [-0.39, 0.29) is 4.82 Å². The molecule has 0 aliphatic heterocycles. The van der Waals surface area contributed by atoms with E-state index in [1.165, 1.54) is 16.2 Å². The van der Waals surface area contributed by atoms with E-state index < -0.39 is 0 Å². The molecule has 0 N–H and O–H groups in total. The first-order valence-corrected chi connectivity index (χ1v) is 5.06. The third-order valence-corrected chi connectivity index (χ3v) is 3.10. The van der Waals surface area contributed by atoms with Crippen molar-refractivity contribution in [2.45, 2.75) is 0 Å². The van der Waals surface area contributed by atoms with Crippen molar-refractivity contribution in [3.63, 3.8) is 0 Å². The minimum absolute atomic E-state index is 0.195. The summed E-state index contributed by atoms with van der Waals surface area (Å²) in [6.07, 6.45) is 1.66. The van der Waals surface area contributed by atoms with Crippen molar-refractivity contribution in [2.75, 3.05) is 11.9 Å². The highest BCUT2D eigenvalue weighted by Gasteiger charge is 2.09. The Labute approximate surface area is 84.7 Å². The van der Waals surface area contributed by atoms with Crippen molar-refractivity contribution in [1.82, 2.24) is 4.98 Å². The number of hydrogen-bond donors (Lipinski definition) is 0. The van der Waals surface area contributed by atoms with Crippen LogP contribution in [0.25, 0.3) is 0 Å². The Kier molecular flexibility index (Phi) is 3.03. The molecule has 0 saturated carbocycles. The van der Waals surface area contributed by atoms with Crippen molar-refractivity contribution in [2.24, 2.45) is 0 Å².